The van der Waals surface area contributed by atoms with Crippen molar-refractivity contribution in [2.75, 3.05) is 19.7 Å². The number of benzene rings is 1. The summed E-state index contributed by atoms with van der Waals surface area (Å²) in [6, 6.07) is 7.17. The maximum absolute atomic E-state index is 12.5. The molecule has 35 heavy (non-hydrogen) atoms. The van der Waals surface area contributed by atoms with Crippen molar-refractivity contribution in [3.8, 4) is 11.3 Å². The predicted octanol–water partition coefficient (Wildman–Crippen LogP) is 2.22. The molecule has 1 aliphatic rings. The standard InChI is InChI=1S/C24H25ClN6O3.ClH/c1-15-7-17(25)9-20(19(15)10-18-11-26-4-6-34-18)23-21-8-16(13-31(21)28-14-27-23)12-30-22(32)3-5-29(2)24(30)33;/h3,5,7-9,13-14,18,26H,4,6,10-12H2,1-2H3;1H/t18-;/m1./s1. The fourth-order valence-corrected chi connectivity index (χ4v) is 4.73. The molecule has 4 heterocycles. The van der Waals surface area contributed by atoms with Gasteiger partial charge in [-0.1, -0.05) is 11.6 Å². The number of fused-ring (bicyclic) bond motifs is 1. The number of nitrogens with zero attached hydrogens (tertiary/aromatic N) is 5. The average molecular weight is 517 g/mol. The molecular weight excluding hydrogens is 491 g/mol. The van der Waals surface area contributed by atoms with Crippen molar-refractivity contribution in [3.05, 3.63) is 85.5 Å². The monoisotopic (exact) mass is 516 g/mol. The van der Waals surface area contributed by atoms with E-state index in [1.54, 1.807) is 11.6 Å². The van der Waals surface area contributed by atoms with Gasteiger partial charge in [-0.2, -0.15) is 5.10 Å². The first-order chi connectivity index (χ1) is 16.4. The molecule has 1 N–H and O–H groups in total. The third kappa shape index (κ3) is 5.04. The molecule has 4 aromatic rings. The Morgan fingerprint density at radius 1 is 1.26 bits per heavy atom. The van der Waals surface area contributed by atoms with Gasteiger partial charge in [0.2, 0.25) is 0 Å². The molecule has 5 rings (SSSR count). The van der Waals surface area contributed by atoms with E-state index in [4.69, 9.17) is 16.3 Å². The predicted molar refractivity (Wildman–Crippen MR) is 137 cm³/mol. The topological polar surface area (TPSA) is 95.5 Å². The van der Waals surface area contributed by atoms with Crippen LogP contribution in [0.4, 0.5) is 0 Å². The van der Waals surface area contributed by atoms with Crippen LogP contribution >= 0.6 is 24.0 Å². The minimum Gasteiger partial charge on any atom is -0.375 e. The van der Waals surface area contributed by atoms with Crippen LogP contribution in [0.1, 0.15) is 16.7 Å². The maximum Gasteiger partial charge on any atom is 0.331 e. The Balaban J connectivity index is 0.00000289. The van der Waals surface area contributed by atoms with E-state index in [0.29, 0.717) is 11.6 Å². The van der Waals surface area contributed by atoms with Crippen molar-refractivity contribution in [2.45, 2.75) is 26.0 Å². The number of aromatic nitrogens is 5. The SMILES string of the molecule is Cc1cc(Cl)cc(-c2ncnn3cc(Cn4c(=O)ccn(C)c4=O)cc23)c1C[C@@H]1CNCCO1.Cl. The van der Waals surface area contributed by atoms with Crippen molar-refractivity contribution >= 4 is 29.5 Å². The Morgan fingerprint density at radius 2 is 2.09 bits per heavy atom. The molecule has 1 atom stereocenters. The Labute approximate surface area is 212 Å². The molecule has 1 saturated heterocycles. The molecule has 0 amide bonds. The van der Waals surface area contributed by atoms with Gasteiger partial charge in [-0.05, 0) is 41.8 Å². The smallest absolute Gasteiger partial charge is 0.331 e. The van der Waals surface area contributed by atoms with Gasteiger partial charge in [-0.3, -0.25) is 9.36 Å². The van der Waals surface area contributed by atoms with E-state index in [-0.39, 0.29) is 36.3 Å². The summed E-state index contributed by atoms with van der Waals surface area (Å²) in [7, 11) is 1.62. The first-order valence-corrected chi connectivity index (χ1v) is 11.5. The molecule has 0 saturated carbocycles. The average Bonchev–Trinajstić information content (AvgIpc) is 3.24. The molecule has 3 aromatic heterocycles. The van der Waals surface area contributed by atoms with Gasteiger partial charge in [0.05, 0.1) is 30.5 Å². The van der Waals surface area contributed by atoms with Gasteiger partial charge in [0.1, 0.15) is 6.33 Å². The van der Waals surface area contributed by atoms with E-state index in [1.807, 2.05) is 31.3 Å². The summed E-state index contributed by atoms with van der Waals surface area (Å²) >= 11 is 6.46. The first kappa shape index (κ1) is 25.1. The van der Waals surface area contributed by atoms with Crippen molar-refractivity contribution in [3.63, 3.8) is 0 Å². The van der Waals surface area contributed by atoms with E-state index in [1.165, 1.54) is 27.7 Å². The van der Waals surface area contributed by atoms with Crippen molar-refractivity contribution in [1.29, 1.82) is 0 Å². The zero-order valence-electron chi connectivity index (χ0n) is 19.4. The third-order valence-corrected chi connectivity index (χ3v) is 6.39. The second-order valence-corrected chi connectivity index (χ2v) is 9.01. The molecule has 0 unspecified atom stereocenters. The summed E-state index contributed by atoms with van der Waals surface area (Å²) in [5, 5.41) is 8.35. The summed E-state index contributed by atoms with van der Waals surface area (Å²) in [5.41, 5.74) is 4.66. The van der Waals surface area contributed by atoms with Crippen LogP contribution in [0, 0.1) is 6.92 Å². The number of morpholine rings is 1. The largest absolute Gasteiger partial charge is 0.375 e. The number of rotatable bonds is 5. The van der Waals surface area contributed by atoms with E-state index in [2.05, 4.69) is 15.4 Å². The molecule has 0 radical (unpaired) electrons. The molecule has 0 aliphatic carbocycles. The molecule has 9 nitrogen and oxygen atoms in total. The summed E-state index contributed by atoms with van der Waals surface area (Å²) < 4.78 is 10.2. The van der Waals surface area contributed by atoms with E-state index in [9.17, 15) is 9.59 Å². The van der Waals surface area contributed by atoms with Gasteiger partial charge in [-0.15, -0.1) is 12.4 Å². The highest BCUT2D eigenvalue weighted by Crippen LogP contribution is 2.33. The molecule has 1 aromatic carbocycles. The number of halogens is 2. The Kier molecular flexibility index (Phi) is 7.42. The minimum atomic E-state index is -0.372. The number of nitrogens with one attached hydrogen (secondary N) is 1. The van der Waals surface area contributed by atoms with E-state index in [0.717, 1.165) is 53.0 Å². The van der Waals surface area contributed by atoms with Gasteiger partial charge in [0.15, 0.2) is 0 Å². The molecule has 11 heteroatoms. The zero-order valence-corrected chi connectivity index (χ0v) is 21.0. The van der Waals surface area contributed by atoms with Crippen LogP contribution < -0.4 is 16.6 Å². The third-order valence-electron chi connectivity index (χ3n) is 6.17. The molecule has 0 spiro atoms. The highest BCUT2D eigenvalue weighted by Gasteiger charge is 2.21. The van der Waals surface area contributed by atoms with Crippen LogP contribution in [-0.2, 0) is 24.8 Å². The van der Waals surface area contributed by atoms with Crippen LogP contribution in [0.2, 0.25) is 5.02 Å². The summed E-state index contributed by atoms with van der Waals surface area (Å²) in [4.78, 5) is 29.4. The van der Waals surface area contributed by atoms with Crippen LogP contribution in [0.5, 0.6) is 0 Å². The highest BCUT2D eigenvalue weighted by molar-refractivity contribution is 6.31. The van der Waals surface area contributed by atoms with Gasteiger partial charge in [0, 0.05) is 55.6 Å². The van der Waals surface area contributed by atoms with E-state index >= 15 is 0 Å². The second kappa shape index (κ2) is 10.3. The lowest BCUT2D eigenvalue weighted by atomic mass is 9.94. The van der Waals surface area contributed by atoms with Crippen LogP contribution in [0.25, 0.3) is 16.8 Å². The first-order valence-electron chi connectivity index (χ1n) is 11.1. The number of aryl methyl sites for hydroxylation is 2. The molecule has 1 fully saturated rings. The van der Waals surface area contributed by atoms with Crippen molar-refractivity contribution in [1.82, 2.24) is 29.0 Å². The zero-order chi connectivity index (χ0) is 23.8. The molecule has 0 bridgehead atoms. The van der Waals surface area contributed by atoms with Gasteiger partial charge >= 0.3 is 5.69 Å². The second-order valence-electron chi connectivity index (χ2n) is 8.57. The van der Waals surface area contributed by atoms with Crippen LogP contribution in [0.3, 0.4) is 0 Å². The quantitative estimate of drug-likeness (QED) is 0.437. The Hall–Kier alpha value is -2.98. The van der Waals surface area contributed by atoms with Gasteiger partial charge in [0.25, 0.3) is 5.56 Å². The van der Waals surface area contributed by atoms with Gasteiger partial charge < -0.3 is 14.6 Å². The number of hydrogen-bond acceptors (Lipinski definition) is 6. The Morgan fingerprint density at radius 3 is 2.86 bits per heavy atom. The Bertz CT molecular complexity index is 1490. The summed E-state index contributed by atoms with van der Waals surface area (Å²) in [5.74, 6) is 0. The normalized spacial score (nSPS) is 15.8. The lowest BCUT2D eigenvalue weighted by Gasteiger charge is -2.25. The summed E-state index contributed by atoms with van der Waals surface area (Å²) in [6.45, 7) is 4.51. The minimum absolute atomic E-state index is 0. The molecular formula is C24H26Cl2N6O3. The van der Waals surface area contributed by atoms with Crippen molar-refractivity contribution < 1.29 is 4.74 Å². The molecule has 1 aliphatic heterocycles. The van der Waals surface area contributed by atoms with Crippen molar-refractivity contribution in [2.24, 2.45) is 7.05 Å². The maximum atomic E-state index is 12.5. The van der Waals surface area contributed by atoms with Crippen LogP contribution in [-0.4, -0.2) is 49.5 Å². The highest BCUT2D eigenvalue weighted by atomic mass is 35.5. The number of hydrogen-bond donors (Lipinski definition) is 1. The lowest BCUT2D eigenvalue weighted by molar-refractivity contribution is 0.0292. The van der Waals surface area contributed by atoms with Crippen LogP contribution in [0.15, 0.2) is 52.6 Å². The van der Waals surface area contributed by atoms with Gasteiger partial charge in [-0.25, -0.2) is 14.3 Å². The number of ether oxygens (including phenoxy) is 1. The fourth-order valence-electron chi connectivity index (χ4n) is 4.45. The van der Waals surface area contributed by atoms with E-state index < -0.39 is 0 Å². The molecule has 184 valence electrons. The fraction of sp³-hybridized carbons (Fsp3) is 0.333. The summed E-state index contributed by atoms with van der Waals surface area (Å²) in [6.07, 6.45) is 5.57. The lowest BCUT2D eigenvalue weighted by Crippen LogP contribution is -2.39.